The lowest BCUT2D eigenvalue weighted by atomic mass is 10.2. The molecule has 156 valence electrons. The van der Waals surface area contributed by atoms with Crippen LogP contribution in [0.25, 0.3) is 10.9 Å². The Morgan fingerprint density at radius 2 is 1.77 bits per heavy atom. The molecule has 0 bridgehead atoms. The van der Waals surface area contributed by atoms with Crippen molar-refractivity contribution >= 4 is 23.0 Å². The Balaban J connectivity index is 1.66. The van der Waals surface area contributed by atoms with E-state index in [1.165, 1.54) is 30.5 Å². The molecule has 0 aliphatic rings. The molecule has 1 amide bonds. The number of nitrogens with one attached hydrogen (secondary N) is 1. The molecule has 8 nitrogen and oxygen atoms in total. The summed E-state index contributed by atoms with van der Waals surface area (Å²) in [7, 11) is 0. The Morgan fingerprint density at radius 1 is 1.06 bits per heavy atom. The van der Waals surface area contributed by atoms with Crippen molar-refractivity contribution in [1.29, 1.82) is 0 Å². The quantitative estimate of drug-likeness (QED) is 0.395. The molecule has 0 unspecified atom stereocenters. The van der Waals surface area contributed by atoms with Crippen LogP contribution in [0.1, 0.15) is 33.1 Å². The Kier molecular flexibility index (Phi) is 5.12. The summed E-state index contributed by atoms with van der Waals surface area (Å²) >= 11 is 0. The molecule has 4 rings (SSSR count). The number of aromatic hydroxyl groups is 1. The fourth-order valence-corrected chi connectivity index (χ4v) is 3.52. The highest BCUT2D eigenvalue weighted by Crippen LogP contribution is 2.16. The first-order valence-electron chi connectivity index (χ1n) is 9.67. The van der Waals surface area contributed by atoms with Crippen LogP contribution in [-0.4, -0.2) is 31.6 Å². The molecule has 2 heterocycles. The maximum absolute atomic E-state index is 13.1. The summed E-state index contributed by atoms with van der Waals surface area (Å²) < 4.78 is 3.33. The lowest BCUT2D eigenvalue weighted by Gasteiger charge is -2.16. The Labute approximate surface area is 178 Å². The van der Waals surface area contributed by atoms with Gasteiger partial charge in [0.1, 0.15) is 11.6 Å². The SMILES string of the molecule is Cc1cc(C=NNC(=O)c2ccc(O)cc2)c(C)n1-n1c(C)nc2ccccc2c1=O. The third-order valence-electron chi connectivity index (χ3n) is 5.05. The fourth-order valence-electron chi connectivity index (χ4n) is 3.52. The summed E-state index contributed by atoms with van der Waals surface area (Å²) in [6.07, 6.45) is 1.53. The second-order valence-electron chi connectivity index (χ2n) is 7.18. The van der Waals surface area contributed by atoms with Crippen LogP contribution >= 0.6 is 0 Å². The highest BCUT2D eigenvalue weighted by atomic mass is 16.3. The van der Waals surface area contributed by atoms with Crippen molar-refractivity contribution in [2.45, 2.75) is 20.8 Å². The minimum atomic E-state index is -0.393. The molecule has 0 saturated heterocycles. The van der Waals surface area contributed by atoms with E-state index >= 15 is 0 Å². The summed E-state index contributed by atoms with van der Waals surface area (Å²) in [5.41, 5.74) is 5.70. The van der Waals surface area contributed by atoms with Gasteiger partial charge in [0.2, 0.25) is 0 Å². The van der Waals surface area contributed by atoms with Gasteiger partial charge >= 0.3 is 0 Å². The van der Waals surface area contributed by atoms with Crippen molar-refractivity contribution in [2.75, 3.05) is 0 Å². The van der Waals surface area contributed by atoms with Crippen LogP contribution in [0.4, 0.5) is 0 Å². The number of phenols is 1. The third-order valence-corrected chi connectivity index (χ3v) is 5.05. The smallest absolute Gasteiger partial charge is 0.280 e. The molecule has 31 heavy (non-hydrogen) atoms. The topological polar surface area (TPSA) is 102 Å². The largest absolute Gasteiger partial charge is 0.508 e. The van der Waals surface area contributed by atoms with E-state index in [2.05, 4.69) is 15.5 Å². The number of hydrogen-bond acceptors (Lipinski definition) is 5. The van der Waals surface area contributed by atoms with Gasteiger partial charge in [0, 0.05) is 22.5 Å². The summed E-state index contributed by atoms with van der Waals surface area (Å²) in [6, 6.07) is 15.0. The van der Waals surface area contributed by atoms with Gasteiger partial charge in [0.15, 0.2) is 0 Å². The number of carbonyl (C=O) groups is 1. The average molecular weight is 415 g/mol. The second-order valence-corrected chi connectivity index (χ2v) is 7.18. The van der Waals surface area contributed by atoms with Crippen LogP contribution in [0.2, 0.25) is 0 Å². The lowest BCUT2D eigenvalue weighted by molar-refractivity contribution is 0.0955. The molecule has 0 atom stereocenters. The number of carbonyl (C=O) groups excluding carboxylic acids is 1. The minimum Gasteiger partial charge on any atom is -0.508 e. The van der Waals surface area contributed by atoms with Crippen LogP contribution in [0.3, 0.4) is 0 Å². The molecule has 0 fully saturated rings. The summed E-state index contributed by atoms with van der Waals surface area (Å²) in [4.78, 5) is 29.9. The molecule has 8 heteroatoms. The van der Waals surface area contributed by atoms with Crippen molar-refractivity contribution in [3.8, 4) is 5.75 Å². The first-order chi connectivity index (χ1) is 14.9. The highest BCUT2D eigenvalue weighted by Gasteiger charge is 2.15. The first-order valence-corrected chi connectivity index (χ1v) is 9.67. The van der Waals surface area contributed by atoms with Gasteiger partial charge in [-0.05, 0) is 63.2 Å². The predicted octanol–water partition coefficient (Wildman–Crippen LogP) is 2.90. The van der Waals surface area contributed by atoms with Crippen LogP contribution in [-0.2, 0) is 0 Å². The summed E-state index contributed by atoms with van der Waals surface area (Å²) in [6.45, 7) is 5.55. The van der Waals surface area contributed by atoms with Gasteiger partial charge in [-0.2, -0.15) is 9.78 Å². The number of amides is 1. The minimum absolute atomic E-state index is 0.0845. The number of rotatable bonds is 4. The number of fused-ring (bicyclic) bond motifs is 1. The molecule has 0 saturated carbocycles. The molecular formula is C23H21N5O3. The zero-order valence-electron chi connectivity index (χ0n) is 17.3. The number of aryl methyl sites for hydroxylation is 2. The lowest BCUT2D eigenvalue weighted by Crippen LogP contribution is -2.30. The van der Waals surface area contributed by atoms with Gasteiger partial charge < -0.3 is 5.11 Å². The second kappa shape index (κ2) is 7.91. The predicted molar refractivity (Wildman–Crippen MR) is 119 cm³/mol. The molecule has 0 radical (unpaired) electrons. The zero-order valence-corrected chi connectivity index (χ0v) is 17.3. The van der Waals surface area contributed by atoms with E-state index in [4.69, 9.17) is 0 Å². The fraction of sp³-hybridized carbons (Fsp3) is 0.130. The maximum atomic E-state index is 13.1. The Morgan fingerprint density at radius 3 is 2.52 bits per heavy atom. The standard InChI is InChI=1S/C23H21N5O3/c1-14-12-18(13-24-26-22(30)17-8-10-19(29)11-9-17)15(2)27(14)28-16(3)25-21-7-5-4-6-20(21)23(28)31/h4-13,29H,1-3H3,(H,26,30). The van der Waals surface area contributed by atoms with Gasteiger partial charge in [0.25, 0.3) is 11.5 Å². The molecule has 2 aromatic carbocycles. The van der Waals surface area contributed by atoms with E-state index in [9.17, 15) is 14.7 Å². The van der Waals surface area contributed by atoms with E-state index in [1.807, 2.05) is 38.1 Å². The summed E-state index contributed by atoms with van der Waals surface area (Å²) in [5.74, 6) is 0.256. The van der Waals surface area contributed by atoms with E-state index in [0.29, 0.717) is 22.3 Å². The third kappa shape index (κ3) is 3.71. The number of para-hydroxylation sites is 1. The van der Waals surface area contributed by atoms with Crippen molar-refractivity contribution in [3.63, 3.8) is 0 Å². The Bertz CT molecular complexity index is 1380. The molecule has 0 aliphatic heterocycles. The first kappa shape index (κ1) is 20.1. The molecule has 2 N–H and O–H groups in total. The number of hydrogen-bond donors (Lipinski definition) is 2. The van der Waals surface area contributed by atoms with Gasteiger partial charge in [-0.3, -0.25) is 14.3 Å². The number of nitrogens with zero attached hydrogens (tertiary/aromatic N) is 4. The molecular weight excluding hydrogens is 394 g/mol. The number of benzene rings is 2. The van der Waals surface area contributed by atoms with Crippen LogP contribution < -0.4 is 11.0 Å². The van der Waals surface area contributed by atoms with E-state index < -0.39 is 5.91 Å². The van der Waals surface area contributed by atoms with Gasteiger partial charge in [0.05, 0.1) is 17.1 Å². The summed E-state index contributed by atoms with van der Waals surface area (Å²) in [5, 5.41) is 13.9. The molecule has 4 aromatic rings. The molecule has 0 aliphatic carbocycles. The highest BCUT2D eigenvalue weighted by molar-refractivity contribution is 5.95. The average Bonchev–Trinajstić information content (AvgIpc) is 3.02. The van der Waals surface area contributed by atoms with Crippen LogP contribution in [0.15, 0.2) is 64.5 Å². The number of phenolic OH excluding ortho intramolecular Hbond substituents is 1. The van der Waals surface area contributed by atoms with Crippen molar-refractivity contribution in [1.82, 2.24) is 19.8 Å². The van der Waals surface area contributed by atoms with E-state index in [0.717, 1.165) is 17.0 Å². The maximum Gasteiger partial charge on any atom is 0.280 e. The zero-order chi connectivity index (χ0) is 22.1. The number of aromatic nitrogens is 3. The van der Waals surface area contributed by atoms with Crippen molar-refractivity contribution in [3.05, 3.63) is 93.3 Å². The van der Waals surface area contributed by atoms with Crippen molar-refractivity contribution in [2.24, 2.45) is 5.10 Å². The van der Waals surface area contributed by atoms with E-state index in [-0.39, 0.29) is 11.3 Å². The van der Waals surface area contributed by atoms with Crippen LogP contribution in [0.5, 0.6) is 5.75 Å². The van der Waals surface area contributed by atoms with Crippen LogP contribution in [0, 0.1) is 20.8 Å². The normalized spacial score (nSPS) is 11.3. The molecule has 0 spiro atoms. The molecule has 2 aromatic heterocycles. The van der Waals surface area contributed by atoms with Gasteiger partial charge in [-0.25, -0.2) is 10.4 Å². The Hall–Kier alpha value is -4.20. The monoisotopic (exact) mass is 415 g/mol. The van der Waals surface area contributed by atoms with Gasteiger partial charge in [-0.1, -0.05) is 12.1 Å². The van der Waals surface area contributed by atoms with E-state index in [1.54, 1.807) is 22.3 Å². The van der Waals surface area contributed by atoms with Crippen molar-refractivity contribution < 1.29 is 9.90 Å². The van der Waals surface area contributed by atoms with Gasteiger partial charge in [-0.15, -0.1) is 0 Å². The number of hydrazone groups is 1.